The molecule has 0 saturated carbocycles. The molecule has 0 spiro atoms. The molecular formula is C32H26F5N3O3S. The maximum Gasteiger partial charge on any atom is 0.416 e. The molecule has 0 radical (unpaired) electrons. The number of halogens is 5. The van der Waals surface area contributed by atoms with Crippen LogP contribution in [0.4, 0.5) is 22.0 Å². The summed E-state index contributed by atoms with van der Waals surface area (Å²) < 4.78 is 79.7. The Balaban J connectivity index is 1.26. The van der Waals surface area contributed by atoms with E-state index in [9.17, 15) is 22.4 Å². The molecule has 228 valence electrons. The highest BCUT2D eigenvalue weighted by molar-refractivity contribution is 7.22. The summed E-state index contributed by atoms with van der Waals surface area (Å²) in [5.41, 5.74) is 1.28. The molecular weight excluding hydrogens is 601 g/mol. The fourth-order valence-electron chi connectivity index (χ4n) is 4.45. The van der Waals surface area contributed by atoms with Crippen LogP contribution in [0, 0.1) is 11.6 Å². The van der Waals surface area contributed by atoms with Crippen LogP contribution in [0.25, 0.3) is 20.8 Å². The van der Waals surface area contributed by atoms with Crippen molar-refractivity contribution in [2.75, 3.05) is 20.3 Å². The van der Waals surface area contributed by atoms with E-state index in [0.717, 1.165) is 28.7 Å². The van der Waals surface area contributed by atoms with E-state index in [-0.39, 0.29) is 23.3 Å². The minimum Gasteiger partial charge on any atom is -0.453 e. The fourth-order valence-corrected chi connectivity index (χ4v) is 5.49. The van der Waals surface area contributed by atoms with Gasteiger partial charge in [0.2, 0.25) is 0 Å². The van der Waals surface area contributed by atoms with E-state index in [1.807, 2.05) is 18.2 Å². The quantitative estimate of drug-likeness (QED) is 0.114. The minimum atomic E-state index is -4.67. The maximum absolute atomic E-state index is 15.0. The van der Waals surface area contributed by atoms with Crippen LogP contribution < -0.4 is 10.1 Å². The molecule has 0 aliphatic carbocycles. The summed E-state index contributed by atoms with van der Waals surface area (Å²) in [6.45, 7) is 2.01. The van der Waals surface area contributed by atoms with Crippen LogP contribution in [0.15, 0.2) is 73.1 Å². The predicted molar refractivity (Wildman–Crippen MR) is 157 cm³/mol. The molecule has 12 heteroatoms. The molecule has 3 aromatic heterocycles. The van der Waals surface area contributed by atoms with Gasteiger partial charge >= 0.3 is 6.18 Å². The Morgan fingerprint density at radius 3 is 2.45 bits per heavy atom. The molecule has 0 fully saturated rings. The molecule has 0 atom stereocenters. The van der Waals surface area contributed by atoms with Gasteiger partial charge in [0.25, 0.3) is 0 Å². The Kier molecular flexibility index (Phi) is 9.62. The highest BCUT2D eigenvalue weighted by Gasteiger charge is 2.31. The summed E-state index contributed by atoms with van der Waals surface area (Å²) in [6.07, 6.45) is -2.18. The van der Waals surface area contributed by atoms with Crippen molar-refractivity contribution in [3.8, 4) is 22.1 Å². The molecule has 0 amide bonds. The Hall–Kier alpha value is -4.26. The topological polar surface area (TPSA) is 73.3 Å². The van der Waals surface area contributed by atoms with Crippen molar-refractivity contribution in [1.29, 1.82) is 0 Å². The molecule has 0 aliphatic rings. The maximum atomic E-state index is 15.0. The van der Waals surface area contributed by atoms with E-state index in [4.69, 9.17) is 9.47 Å². The number of aromatic nitrogens is 2. The van der Waals surface area contributed by atoms with Crippen molar-refractivity contribution in [2.24, 2.45) is 0 Å². The van der Waals surface area contributed by atoms with E-state index in [0.29, 0.717) is 47.3 Å². The molecule has 6 nitrogen and oxygen atoms in total. The number of alkyl halides is 3. The first-order chi connectivity index (χ1) is 21.1. The number of ether oxygens (including phenoxy) is 2. The zero-order chi connectivity index (χ0) is 31.3. The van der Waals surface area contributed by atoms with Gasteiger partial charge in [-0.1, -0.05) is 12.1 Å². The first-order valence-electron chi connectivity index (χ1n) is 13.5. The summed E-state index contributed by atoms with van der Waals surface area (Å²) in [5.74, 6) is -1.93. The molecule has 44 heavy (non-hydrogen) atoms. The first-order valence-corrected chi connectivity index (χ1v) is 14.3. The van der Waals surface area contributed by atoms with Crippen LogP contribution in [0.2, 0.25) is 0 Å². The summed E-state index contributed by atoms with van der Waals surface area (Å²) >= 11 is 1.40. The number of Topliss-reactive ketones (excluding diaryl/α,β-unsaturated/α-hetero) is 1. The van der Waals surface area contributed by atoms with E-state index in [2.05, 4.69) is 15.3 Å². The largest absolute Gasteiger partial charge is 0.453 e. The van der Waals surface area contributed by atoms with Gasteiger partial charge in [-0.05, 0) is 59.2 Å². The molecule has 0 aliphatic heterocycles. The average molecular weight is 628 g/mol. The Bertz CT molecular complexity index is 1770. The van der Waals surface area contributed by atoms with Gasteiger partial charge in [-0.25, -0.2) is 8.78 Å². The van der Waals surface area contributed by atoms with Gasteiger partial charge in [0.1, 0.15) is 17.3 Å². The minimum absolute atomic E-state index is 0.0870. The van der Waals surface area contributed by atoms with E-state index >= 15 is 4.39 Å². The summed E-state index contributed by atoms with van der Waals surface area (Å²) in [6, 6.07) is 13.3. The van der Waals surface area contributed by atoms with Crippen molar-refractivity contribution in [2.45, 2.75) is 25.6 Å². The number of rotatable bonds is 12. The van der Waals surface area contributed by atoms with E-state index < -0.39 is 35.6 Å². The Morgan fingerprint density at radius 1 is 0.909 bits per heavy atom. The van der Waals surface area contributed by atoms with Gasteiger partial charge in [0, 0.05) is 51.5 Å². The Morgan fingerprint density at radius 2 is 1.73 bits per heavy atom. The average Bonchev–Trinajstić information content (AvgIpc) is 3.43. The first kappa shape index (κ1) is 31.2. The van der Waals surface area contributed by atoms with Crippen molar-refractivity contribution >= 4 is 27.3 Å². The SMILES string of the molecule is COCCNCc1ccc(-c2cc3nccc(Oc4ccc(CC(=O)Cc5cc(C(F)(F)F)ccc5F)cc4F)c3s2)nc1. The number of nitrogens with one attached hydrogen (secondary N) is 1. The Labute approximate surface area is 253 Å². The molecule has 5 rings (SSSR count). The lowest BCUT2D eigenvalue weighted by Crippen LogP contribution is -2.18. The second-order valence-electron chi connectivity index (χ2n) is 9.92. The smallest absolute Gasteiger partial charge is 0.416 e. The van der Waals surface area contributed by atoms with E-state index in [1.165, 1.54) is 23.5 Å². The second kappa shape index (κ2) is 13.6. The summed E-state index contributed by atoms with van der Waals surface area (Å²) in [7, 11) is 1.65. The van der Waals surface area contributed by atoms with Gasteiger partial charge in [-0.2, -0.15) is 13.2 Å². The summed E-state index contributed by atoms with van der Waals surface area (Å²) in [5, 5.41) is 3.27. The molecule has 0 unspecified atom stereocenters. The third-order valence-corrected chi connectivity index (χ3v) is 7.80. The van der Waals surface area contributed by atoms with Crippen molar-refractivity contribution in [3.05, 3.63) is 107 Å². The van der Waals surface area contributed by atoms with Gasteiger partial charge < -0.3 is 14.8 Å². The second-order valence-corrected chi connectivity index (χ2v) is 11.0. The number of nitrogens with zero attached hydrogens (tertiary/aromatic N) is 2. The molecule has 0 saturated heterocycles. The van der Waals surface area contributed by atoms with Gasteiger partial charge in [0.05, 0.1) is 33.0 Å². The van der Waals surface area contributed by atoms with Crippen molar-refractivity contribution in [1.82, 2.24) is 15.3 Å². The zero-order valence-corrected chi connectivity index (χ0v) is 24.2. The number of methoxy groups -OCH3 is 1. The van der Waals surface area contributed by atoms with Crippen LogP contribution in [0.5, 0.6) is 11.5 Å². The number of hydrogen-bond donors (Lipinski definition) is 1. The monoisotopic (exact) mass is 627 g/mol. The third-order valence-electron chi connectivity index (χ3n) is 6.64. The number of carbonyl (C=O) groups excluding carboxylic acids is 1. The summed E-state index contributed by atoms with van der Waals surface area (Å²) in [4.78, 5) is 22.3. The van der Waals surface area contributed by atoms with Crippen LogP contribution in [-0.4, -0.2) is 36.0 Å². The predicted octanol–water partition coefficient (Wildman–Crippen LogP) is 7.54. The van der Waals surface area contributed by atoms with Gasteiger partial charge in [-0.3, -0.25) is 14.8 Å². The number of carbonyl (C=O) groups is 1. The number of hydrogen-bond acceptors (Lipinski definition) is 7. The number of fused-ring (bicyclic) bond motifs is 1. The zero-order valence-electron chi connectivity index (χ0n) is 23.4. The molecule has 3 heterocycles. The van der Waals surface area contributed by atoms with E-state index in [1.54, 1.807) is 25.6 Å². The standard InChI is InChI=1S/C32H26F5N3O3S/c1-42-11-10-38-17-20-2-6-26(40-18-20)30-16-27-31(44-30)29(8-9-39-27)43-28-7-3-19(13-25(28)34)12-23(41)15-21-14-22(32(35,36)37)4-5-24(21)33/h2-9,13-14,16,18,38H,10-12,15,17H2,1H3. The lowest BCUT2D eigenvalue weighted by molar-refractivity contribution is -0.137. The highest BCUT2D eigenvalue weighted by atomic mass is 32.1. The molecule has 1 N–H and O–H groups in total. The third kappa shape index (κ3) is 7.62. The number of ketones is 1. The molecule has 0 bridgehead atoms. The number of pyridine rings is 2. The lowest BCUT2D eigenvalue weighted by Gasteiger charge is -2.10. The lowest BCUT2D eigenvalue weighted by atomic mass is 10.0. The highest BCUT2D eigenvalue weighted by Crippen LogP contribution is 2.39. The van der Waals surface area contributed by atoms with Crippen LogP contribution in [0.3, 0.4) is 0 Å². The van der Waals surface area contributed by atoms with Crippen molar-refractivity contribution < 1.29 is 36.2 Å². The van der Waals surface area contributed by atoms with Crippen molar-refractivity contribution in [3.63, 3.8) is 0 Å². The van der Waals surface area contributed by atoms with Gasteiger partial charge in [-0.15, -0.1) is 11.3 Å². The fraction of sp³-hybridized carbons (Fsp3) is 0.219. The normalized spacial score (nSPS) is 11.7. The molecule has 2 aromatic carbocycles. The van der Waals surface area contributed by atoms with Gasteiger partial charge in [0.15, 0.2) is 11.6 Å². The number of benzene rings is 2. The van der Waals surface area contributed by atoms with Crippen LogP contribution in [0.1, 0.15) is 22.3 Å². The number of thiophene rings is 1. The van der Waals surface area contributed by atoms with Crippen LogP contribution in [-0.2, 0) is 35.1 Å². The van der Waals surface area contributed by atoms with Crippen LogP contribution >= 0.6 is 11.3 Å². The molecule has 5 aromatic rings.